The Balaban J connectivity index is 2.94. The van der Waals surface area contributed by atoms with Crippen LogP contribution < -0.4 is 5.56 Å². The number of rotatable bonds is 0. The first kappa shape index (κ1) is 5.34. The van der Waals surface area contributed by atoms with E-state index in [4.69, 9.17) is 15.7 Å². The normalized spacial score (nSPS) is 15.0. The largest absolute Gasteiger partial charge is 0.293 e. The lowest BCUT2D eigenvalue weighted by Gasteiger charge is -2.01. The smallest absolute Gasteiger partial charge is 0.270 e. The molecule has 0 aliphatic rings. The van der Waals surface area contributed by atoms with Crippen molar-refractivity contribution in [3.63, 3.8) is 0 Å². The summed E-state index contributed by atoms with van der Waals surface area (Å²) in [7, 11) is 0. The van der Waals surface area contributed by atoms with Crippen molar-refractivity contribution in [2.24, 2.45) is 6.98 Å². The van der Waals surface area contributed by atoms with E-state index in [1.54, 1.807) is 0 Å². The molecule has 2 rings (SSSR count). The second kappa shape index (κ2) is 2.81. The van der Waals surface area contributed by atoms with Crippen LogP contribution in [-0.4, -0.2) is 14.5 Å². The van der Waals surface area contributed by atoms with Gasteiger partial charge in [0.15, 0.2) is 5.65 Å². The summed E-state index contributed by atoms with van der Waals surface area (Å²) in [5.74, 6) is 0. The molecule has 0 aliphatic carbocycles. The third kappa shape index (κ3) is 1.29. The van der Waals surface area contributed by atoms with E-state index in [1.807, 2.05) is 0 Å². The number of nitrogens with zero attached hydrogens (tertiary/aromatic N) is 3. The first-order valence-electron chi connectivity index (χ1n) is 4.94. The first-order valence-corrected chi connectivity index (χ1v) is 3.82. The Hall–Kier alpha value is -1.42. The SMILES string of the molecule is [2H]C([2H])([2H])n1c(=O)cnc2ccc(Cl)nc21. The Kier molecular flexibility index (Phi) is 1.16. The van der Waals surface area contributed by atoms with Crippen molar-refractivity contribution in [3.05, 3.63) is 33.8 Å². The molecular weight excluding hydrogens is 190 g/mol. The molecule has 0 radical (unpaired) electrons. The molecule has 2 aromatic rings. The van der Waals surface area contributed by atoms with Crippen LogP contribution in [0.1, 0.15) is 4.11 Å². The quantitative estimate of drug-likeness (QED) is 0.593. The second-order valence-corrected chi connectivity index (χ2v) is 2.80. The lowest BCUT2D eigenvalue weighted by Crippen LogP contribution is -2.17. The number of aryl methyl sites for hydroxylation is 1. The van der Waals surface area contributed by atoms with Gasteiger partial charge in [-0.05, 0) is 12.1 Å². The van der Waals surface area contributed by atoms with Crippen molar-refractivity contribution in [2.45, 2.75) is 0 Å². The molecule has 4 nitrogen and oxygen atoms in total. The van der Waals surface area contributed by atoms with Crippen molar-refractivity contribution in [1.29, 1.82) is 0 Å². The third-order valence-corrected chi connectivity index (χ3v) is 1.78. The molecule has 0 spiro atoms. The zero-order valence-corrected chi connectivity index (χ0v) is 7.12. The van der Waals surface area contributed by atoms with Gasteiger partial charge in [-0.25, -0.2) is 9.97 Å². The monoisotopic (exact) mass is 198 g/mol. The van der Waals surface area contributed by atoms with Gasteiger partial charge < -0.3 is 0 Å². The predicted molar refractivity (Wildman–Crippen MR) is 49.8 cm³/mol. The average molecular weight is 199 g/mol. The Bertz CT molecular complexity index is 607. The summed E-state index contributed by atoms with van der Waals surface area (Å²) in [6, 6.07) is 2.98. The maximum atomic E-state index is 11.4. The molecule has 0 N–H and O–H groups in total. The first-order chi connectivity index (χ1) is 7.39. The van der Waals surface area contributed by atoms with Crippen molar-refractivity contribution < 1.29 is 4.11 Å². The maximum absolute atomic E-state index is 11.4. The molecule has 0 atom stereocenters. The van der Waals surface area contributed by atoms with Crippen LogP contribution in [0.25, 0.3) is 11.2 Å². The van der Waals surface area contributed by atoms with Gasteiger partial charge in [-0.3, -0.25) is 9.36 Å². The Labute approximate surface area is 83.0 Å². The van der Waals surface area contributed by atoms with E-state index < -0.39 is 12.5 Å². The summed E-state index contributed by atoms with van der Waals surface area (Å²) in [5, 5.41) is 0.109. The van der Waals surface area contributed by atoms with Crippen LogP contribution in [0.4, 0.5) is 0 Å². The molecule has 66 valence electrons. The van der Waals surface area contributed by atoms with Gasteiger partial charge in [0.25, 0.3) is 5.56 Å². The van der Waals surface area contributed by atoms with E-state index in [9.17, 15) is 4.79 Å². The summed E-state index contributed by atoms with van der Waals surface area (Å²) < 4.78 is 22.4. The van der Waals surface area contributed by atoms with Gasteiger partial charge in [-0.2, -0.15) is 0 Å². The number of hydrogen-bond acceptors (Lipinski definition) is 3. The molecule has 0 bridgehead atoms. The highest BCUT2D eigenvalue weighted by Gasteiger charge is 2.01. The standard InChI is InChI=1S/C8H6ClN3O/c1-12-7(13)4-10-5-2-3-6(9)11-8(5)12/h2-4H,1H3/i1D3. The van der Waals surface area contributed by atoms with Crippen LogP contribution in [-0.2, 0) is 6.98 Å². The van der Waals surface area contributed by atoms with Gasteiger partial charge in [0, 0.05) is 11.1 Å². The Morgan fingerprint density at radius 2 is 2.46 bits per heavy atom. The molecule has 2 heterocycles. The minimum Gasteiger partial charge on any atom is -0.293 e. The summed E-state index contributed by atoms with van der Waals surface area (Å²) in [4.78, 5) is 19.0. The molecule has 13 heavy (non-hydrogen) atoms. The number of aromatic nitrogens is 3. The zero-order chi connectivity index (χ0) is 11.9. The van der Waals surface area contributed by atoms with Gasteiger partial charge in [-0.15, -0.1) is 0 Å². The highest BCUT2D eigenvalue weighted by atomic mass is 35.5. The minimum atomic E-state index is -2.60. The van der Waals surface area contributed by atoms with E-state index in [0.29, 0.717) is 10.1 Å². The third-order valence-electron chi connectivity index (χ3n) is 1.57. The van der Waals surface area contributed by atoms with Crippen molar-refractivity contribution in [1.82, 2.24) is 14.5 Å². The van der Waals surface area contributed by atoms with Crippen molar-refractivity contribution in [3.8, 4) is 0 Å². The van der Waals surface area contributed by atoms with Crippen LogP contribution in [0.3, 0.4) is 0 Å². The number of halogens is 1. The van der Waals surface area contributed by atoms with Crippen LogP contribution >= 0.6 is 11.6 Å². The number of hydrogen-bond donors (Lipinski definition) is 0. The molecule has 0 fully saturated rings. The Morgan fingerprint density at radius 1 is 1.62 bits per heavy atom. The molecule has 0 amide bonds. The van der Waals surface area contributed by atoms with Crippen LogP contribution in [0, 0.1) is 0 Å². The Morgan fingerprint density at radius 3 is 3.23 bits per heavy atom. The molecule has 0 unspecified atom stereocenters. The van der Waals surface area contributed by atoms with Gasteiger partial charge in [-0.1, -0.05) is 11.6 Å². The molecular formula is C8H6ClN3O. The van der Waals surface area contributed by atoms with Crippen molar-refractivity contribution in [2.75, 3.05) is 0 Å². The maximum Gasteiger partial charge on any atom is 0.270 e. The topological polar surface area (TPSA) is 47.8 Å². The molecule has 2 aromatic heterocycles. The number of fused-ring (bicyclic) bond motifs is 1. The lowest BCUT2D eigenvalue weighted by molar-refractivity contribution is 0.874. The highest BCUT2D eigenvalue weighted by molar-refractivity contribution is 6.29. The fourth-order valence-electron chi connectivity index (χ4n) is 0.970. The van der Waals surface area contributed by atoms with E-state index >= 15 is 0 Å². The number of pyridine rings is 1. The minimum absolute atomic E-state index is 0.0417. The van der Waals surface area contributed by atoms with Crippen LogP contribution in [0.15, 0.2) is 23.1 Å². The van der Waals surface area contributed by atoms with Gasteiger partial charge in [0.1, 0.15) is 10.7 Å². The molecule has 0 aromatic carbocycles. The fraction of sp³-hybridized carbons (Fsp3) is 0.125. The molecule has 0 saturated heterocycles. The second-order valence-electron chi connectivity index (χ2n) is 2.41. The molecule has 0 saturated carbocycles. The van der Waals surface area contributed by atoms with Gasteiger partial charge >= 0.3 is 0 Å². The average Bonchev–Trinajstić information content (AvgIpc) is 2.14. The van der Waals surface area contributed by atoms with E-state index in [1.165, 1.54) is 12.1 Å². The predicted octanol–water partition coefficient (Wildman–Crippen LogP) is 0.982. The fourth-order valence-corrected chi connectivity index (χ4v) is 1.11. The summed E-state index contributed by atoms with van der Waals surface area (Å²) in [6.07, 6.45) is 0.949. The van der Waals surface area contributed by atoms with Gasteiger partial charge in [0.2, 0.25) is 0 Å². The lowest BCUT2D eigenvalue weighted by atomic mass is 10.4. The van der Waals surface area contributed by atoms with E-state index in [-0.39, 0.29) is 10.8 Å². The van der Waals surface area contributed by atoms with Gasteiger partial charge in [0.05, 0.1) is 6.20 Å². The summed E-state index contributed by atoms with van der Waals surface area (Å²) >= 11 is 5.66. The van der Waals surface area contributed by atoms with Crippen LogP contribution in [0.2, 0.25) is 5.15 Å². The molecule has 0 aliphatic heterocycles. The van der Waals surface area contributed by atoms with E-state index in [0.717, 1.165) is 6.20 Å². The van der Waals surface area contributed by atoms with E-state index in [2.05, 4.69) is 9.97 Å². The van der Waals surface area contributed by atoms with Crippen molar-refractivity contribution >= 4 is 22.8 Å². The van der Waals surface area contributed by atoms with Crippen LogP contribution in [0.5, 0.6) is 0 Å². The summed E-state index contributed by atoms with van der Waals surface area (Å²) in [6.45, 7) is -2.60. The highest BCUT2D eigenvalue weighted by Crippen LogP contribution is 2.10. The zero-order valence-electron chi connectivity index (χ0n) is 9.36. The summed E-state index contributed by atoms with van der Waals surface area (Å²) in [5.41, 5.74) is -0.470. The molecule has 5 heteroatoms.